The Hall–Kier alpha value is -1.42. The van der Waals surface area contributed by atoms with Crippen molar-refractivity contribution in [1.82, 2.24) is 9.80 Å². The zero-order valence-electron chi connectivity index (χ0n) is 11.9. The van der Waals surface area contributed by atoms with E-state index in [0.717, 1.165) is 32.6 Å². The molecule has 2 heterocycles. The quantitative estimate of drug-likeness (QED) is 0.786. The number of rotatable bonds is 1. The second-order valence-electron chi connectivity index (χ2n) is 6.29. The van der Waals surface area contributed by atoms with Gasteiger partial charge in [0.1, 0.15) is 5.82 Å². The first-order valence-electron chi connectivity index (χ1n) is 7.31. The number of nitrogens with zero attached hydrogens (tertiary/aromatic N) is 2. The normalized spacial score (nSPS) is 22.4. The maximum absolute atomic E-state index is 12.9. The van der Waals surface area contributed by atoms with E-state index in [0.29, 0.717) is 11.0 Å². The molecule has 2 aliphatic heterocycles. The second kappa shape index (κ2) is 5.17. The summed E-state index contributed by atoms with van der Waals surface area (Å²) in [5.74, 6) is -0.254. The maximum atomic E-state index is 12.9. The molecule has 3 rings (SSSR count). The number of piperidine rings is 1. The van der Waals surface area contributed by atoms with Gasteiger partial charge in [-0.25, -0.2) is 4.39 Å². The topological polar surface area (TPSA) is 23.6 Å². The monoisotopic (exact) mass is 276 g/mol. The molecular formula is C16H21FN2O. The molecule has 1 aromatic rings. The first kappa shape index (κ1) is 13.6. The molecule has 108 valence electrons. The van der Waals surface area contributed by atoms with Gasteiger partial charge < -0.3 is 9.80 Å². The first-order valence-corrected chi connectivity index (χ1v) is 7.31. The SMILES string of the molecule is CN1CCC2(CC1)CCN(C(=O)c1ccc(F)cc1)C2. The molecule has 0 unspecified atom stereocenters. The first-order chi connectivity index (χ1) is 9.58. The van der Waals surface area contributed by atoms with Gasteiger partial charge in [0, 0.05) is 18.7 Å². The highest BCUT2D eigenvalue weighted by atomic mass is 19.1. The number of carbonyl (C=O) groups is 1. The van der Waals surface area contributed by atoms with Gasteiger partial charge >= 0.3 is 0 Å². The van der Waals surface area contributed by atoms with E-state index in [2.05, 4.69) is 11.9 Å². The maximum Gasteiger partial charge on any atom is 0.253 e. The Morgan fingerprint density at radius 1 is 1.10 bits per heavy atom. The fourth-order valence-corrected chi connectivity index (χ4v) is 3.38. The molecule has 0 aromatic heterocycles. The molecular weight excluding hydrogens is 255 g/mol. The van der Waals surface area contributed by atoms with Crippen LogP contribution in [0.1, 0.15) is 29.6 Å². The van der Waals surface area contributed by atoms with Crippen LogP contribution >= 0.6 is 0 Å². The van der Waals surface area contributed by atoms with Crippen LogP contribution in [0.5, 0.6) is 0 Å². The number of amides is 1. The third-order valence-electron chi connectivity index (χ3n) is 4.86. The lowest BCUT2D eigenvalue weighted by molar-refractivity contribution is 0.0736. The largest absolute Gasteiger partial charge is 0.338 e. The predicted molar refractivity (Wildman–Crippen MR) is 76.1 cm³/mol. The summed E-state index contributed by atoms with van der Waals surface area (Å²) in [6.07, 6.45) is 3.46. The van der Waals surface area contributed by atoms with Crippen LogP contribution in [0.4, 0.5) is 4.39 Å². The summed E-state index contributed by atoms with van der Waals surface area (Å²) in [6.45, 7) is 3.94. The summed E-state index contributed by atoms with van der Waals surface area (Å²) in [6, 6.07) is 5.87. The van der Waals surface area contributed by atoms with Crippen molar-refractivity contribution in [3.63, 3.8) is 0 Å². The predicted octanol–water partition coefficient (Wildman–Crippen LogP) is 2.38. The summed E-state index contributed by atoms with van der Waals surface area (Å²) in [7, 11) is 2.16. The average molecular weight is 276 g/mol. The number of hydrogen-bond donors (Lipinski definition) is 0. The zero-order valence-corrected chi connectivity index (χ0v) is 11.9. The molecule has 2 aliphatic rings. The molecule has 20 heavy (non-hydrogen) atoms. The third-order valence-corrected chi connectivity index (χ3v) is 4.86. The summed E-state index contributed by atoms with van der Waals surface area (Å²) >= 11 is 0. The Balaban J connectivity index is 1.67. The zero-order chi connectivity index (χ0) is 14.2. The van der Waals surface area contributed by atoms with Gasteiger partial charge in [-0.15, -0.1) is 0 Å². The van der Waals surface area contributed by atoms with E-state index in [9.17, 15) is 9.18 Å². The smallest absolute Gasteiger partial charge is 0.253 e. The van der Waals surface area contributed by atoms with Crippen molar-refractivity contribution in [1.29, 1.82) is 0 Å². The molecule has 0 N–H and O–H groups in total. The molecule has 1 spiro atoms. The van der Waals surface area contributed by atoms with Crippen LogP contribution in [0.25, 0.3) is 0 Å². The van der Waals surface area contributed by atoms with E-state index in [4.69, 9.17) is 0 Å². The molecule has 1 aromatic carbocycles. The van der Waals surface area contributed by atoms with Crippen molar-refractivity contribution in [2.45, 2.75) is 19.3 Å². The van der Waals surface area contributed by atoms with Crippen LogP contribution in [0.2, 0.25) is 0 Å². The van der Waals surface area contributed by atoms with Crippen LogP contribution in [0.3, 0.4) is 0 Å². The standard InChI is InChI=1S/C16H21FN2O/c1-18-9-6-16(7-10-18)8-11-19(12-16)15(20)13-2-4-14(17)5-3-13/h2-5H,6-12H2,1H3. The molecule has 0 bridgehead atoms. The summed E-state index contributed by atoms with van der Waals surface area (Å²) in [5, 5.41) is 0. The van der Waals surface area contributed by atoms with Crippen molar-refractivity contribution in [3.8, 4) is 0 Å². The number of hydrogen-bond acceptors (Lipinski definition) is 2. The van der Waals surface area contributed by atoms with Gasteiger partial charge in [0.2, 0.25) is 0 Å². The lowest BCUT2D eigenvalue weighted by Gasteiger charge is -2.37. The molecule has 0 radical (unpaired) electrons. The highest BCUT2D eigenvalue weighted by Crippen LogP contribution is 2.40. The Labute approximate surface area is 119 Å². The van der Waals surface area contributed by atoms with Crippen molar-refractivity contribution in [2.75, 3.05) is 33.2 Å². The van der Waals surface area contributed by atoms with Crippen LogP contribution in [-0.2, 0) is 0 Å². The average Bonchev–Trinajstić information content (AvgIpc) is 2.87. The minimum atomic E-state index is -0.297. The molecule has 4 heteroatoms. The third kappa shape index (κ3) is 2.57. The van der Waals surface area contributed by atoms with Gasteiger partial charge in [-0.2, -0.15) is 0 Å². The number of halogens is 1. The molecule has 1 amide bonds. The van der Waals surface area contributed by atoms with Crippen molar-refractivity contribution in [3.05, 3.63) is 35.6 Å². The number of benzene rings is 1. The second-order valence-corrected chi connectivity index (χ2v) is 6.29. The van der Waals surface area contributed by atoms with Crippen molar-refractivity contribution < 1.29 is 9.18 Å². The van der Waals surface area contributed by atoms with E-state index >= 15 is 0 Å². The Morgan fingerprint density at radius 3 is 2.35 bits per heavy atom. The minimum absolute atomic E-state index is 0.0424. The molecule has 2 fully saturated rings. The van der Waals surface area contributed by atoms with E-state index in [-0.39, 0.29) is 11.7 Å². The van der Waals surface area contributed by atoms with E-state index in [1.165, 1.54) is 25.0 Å². The molecule has 3 nitrogen and oxygen atoms in total. The Morgan fingerprint density at radius 2 is 1.70 bits per heavy atom. The van der Waals surface area contributed by atoms with Gasteiger partial charge in [-0.05, 0) is 69.1 Å². The Kier molecular flexibility index (Phi) is 3.50. The summed E-state index contributed by atoms with van der Waals surface area (Å²) in [4.78, 5) is 16.7. The van der Waals surface area contributed by atoms with Gasteiger partial charge in [0.15, 0.2) is 0 Å². The molecule has 0 aliphatic carbocycles. The van der Waals surface area contributed by atoms with Gasteiger partial charge in [-0.1, -0.05) is 0 Å². The van der Waals surface area contributed by atoms with Crippen molar-refractivity contribution >= 4 is 5.91 Å². The fourth-order valence-electron chi connectivity index (χ4n) is 3.38. The highest BCUT2D eigenvalue weighted by Gasteiger charge is 2.41. The van der Waals surface area contributed by atoms with Gasteiger partial charge in [0.25, 0.3) is 5.91 Å². The van der Waals surface area contributed by atoms with Crippen LogP contribution in [0.15, 0.2) is 24.3 Å². The van der Waals surface area contributed by atoms with Crippen LogP contribution in [-0.4, -0.2) is 48.9 Å². The Bertz CT molecular complexity index is 492. The van der Waals surface area contributed by atoms with E-state index in [1.807, 2.05) is 4.90 Å². The fraction of sp³-hybridized carbons (Fsp3) is 0.562. The van der Waals surface area contributed by atoms with Gasteiger partial charge in [0.05, 0.1) is 0 Å². The summed E-state index contributed by atoms with van der Waals surface area (Å²) < 4.78 is 12.9. The molecule has 0 atom stereocenters. The lowest BCUT2D eigenvalue weighted by Crippen LogP contribution is -2.40. The van der Waals surface area contributed by atoms with Crippen molar-refractivity contribution in [2.24, 2.45) is 5.41 Å². The number of likely N-dealkylation sites (tertiary alicyclic amines) is 2. The molecule has 0 saturated carbocycles. The molecule has 2 saturated heterocycles. The highest BCUT2D eigenvalue weighted by molar-refractivity contribution is 5.94. The van der Waals surface area contributed by atoms with Crippen LogP contribution in [0, 0.1) is 11.2 Å². The number of carbonyl (C=O) groups excluding carboxylic acids is 1. The minimum Gasteiger partial charge on any atom is -0.338 e. The van der Waals surface area contributed by atoms with Crippen LogP contribution < -0.4 is 0 Å². The van der Waals surface area contributed by atoms with E-state index < -0.39 is 0 Å². The van der Waals surface area contributed by atoms with E-state index in [1.54, 1.807) is 12.1 Å². The van der Waals surface area contributed by atoms with Gasteiger partial charge in [-0.3, -0.25) is 4.79 Å². The lowest BCUT2D eigenvalue weighted by atomic mass is 9.78. The summed E-state index contributed by atoms with van der Waals surface area (Å²) in [5.41, 5.74) is 0.915.